The van der Waals surface area contributed by atoms with Gasteiger partial charge in [0.05, 0.1) is 0 Å². The van der Waals surface area contributed by atoms with Crippen molar-refractivity contribution >= 4 is 47.3 Å². The molecule has 1 saturated carbocycles. The van der Waals surface area contributed by atoms with Crippen LogP contribution in [0.2, 0.25) is 0 Å². The normalized spacial score (nSPS) is 23.9. The first kappa shape index (κ1) is 46.1. The fourth-order valence-corrected chi connectivity index (χ4v) is 8.43. The Morgan fingerprint density at radius 3 is 2.08 bits per heavy atom. The molecule has 2 aliphatic heterocycles. The van der Waals surface area contributed by atoms with Gasteiger partial charge >= 0.3 is 0 Å². The van der Waals surface area contributed by atoms with E-state index in [9.17, 15) is 33.6 Å². The van der Waals surface area contributed by atoms with Crippen LogP contribution < -0.4 is 43.4 Å². The summed E-state index contributed by atoms with van der Waals surface area (Å²) in [5, 5.41) is 17.0. The van der Waals surface area contributed by atoms with Crippen molar-refractivity contribution in [3.8, 4) is 0 Å². The van der Waals surface area contributed by atoms with Gasteiger partial charge in [-0.1, -0.05) is 92.8 Å². The van der Waals surface area contributed by atoms with Gasteiger partial charge in [-0.3, -0.25) is 38.6 Å². The average Bonchev–Trinajstić information content (AvgIpc) is 3.74. The largest absolute Gasteiger partial charge is 0.370 e. The Kier molecular flexibility index (Phi) is 17.5. The minimum Gasteiger partial charge on any atom is -0.370 e. The van der Waals surface area contributed by atoms with Gasteiger partial charge in [0.25, 0.3) is 0 Å². The third kappa shape index (κ3) is 14.3. The molecule has 2 heterocycles. The minimum atomic E-state index is -1.21. The quantitative estimate of drug-likeness (QED) is 0.0790. The minimum absolute atomic E-state index is 0.0745. The predicted octanol–water partition coefficient (Wildman–Crippen LogP) is 0.451. The second-order valence-electron chi connectivity index (χ2n) is 16.3. The second kappa shape index (κ2) is 23.1. The molecule has 17 heteroatoms. The molecular weight excluding hydrogens is 781 g/mol. The average molecular weight is 843 g/mol. The van der Waals surface area contributed by atoms with E-state index < -0.39 is 77.6 Å². The van der Waals surface area contributed by atoms with E-state index in [1.54, 1.807) is 0 Å². The van der Waals surface area contributed by atoms with Crippen molar-refractivity contribution in [3.05, 3.63) is 71.8 Å². The molecule has 0 radical (unpaired) electrons. The predicted molar refractivity (Wildman–Crippen MR) is 229 cm³/mol. The van der Waals surface area contributed by atoms with Crippen LogP contribution in [0.15, 0.2) is 65.7 Å². The molecule has 17 nitrogen and oxygen atoms in total. The molecule has 2 aromatic rings. The molecule has 0 bridgehead atoms. The second-order valence-corrected chi connectivity index (χ2v) is 16.3. The third-order valence-electron chi connectivity index (χ3n) is 11.6. The molecule has 7 amide bonds. The van der Waals surface area contributed by atoms with Crippen LogP contribution in [0.5, 0.6) is 0 Å². The molecule has 3 unspecified atom stereocenters. The number of hydrogen-bond donors (Lipinski definition) is 8. The molecule has 10 N–H and O–H groups in total. The summed E-state index contributed by atoms with van der Waals surface area (Å²) >= 11 is 0. The third-order valence-corrected chi connectivity index (χ3v) is 11.6. The highest BCUT2D eigenvalue weighted by Crippen LogP contribution is 2.28. The first-order valence-electron chi connectivity index (χ1n) is 21.6. The summed E-state index contributed by atoms with van der Waals surface area (Å²) in [6.07, 6.45) is 6.70. The lowest BCUT2D eigenvalue weighted by Gasteiger charge is -2.32. The number of fused-ring (bicyclic) bond motifs is 1. The van der Waals surface area contributed by atoms with Gasteiger partial charge in [-0.2, -0.15) is 0 Å². The highest BCUT2D eigenvalue weighted by molar-refractivity contribution is 5.97. The van der Waals surface area contributed by atoms with Gasteiger partial charge in [0.2, 0.25) is 41.4 Å². The number of nitrogens with two attached hydrogens (primary N) is 2. The number of rotatable bonds is 13. The number of carbonyl (C=O) groups excluding carboxylic acids is 7. The summed E-state index contributed by atoms with van der Waals surface area (Å²) in [7, 11) is 0. The zero-order valence-electron chi connectivity index (χ0n) is 35.0. The lowest BCUT2D eigenvalue weighted by atomic mass is 9.84. The summed E-state index contributed by atoms with van der Waals surface area (Å²) < 4.78 is 0. The van der Waals surface area contributed by atoms with Gasteiger partial charge in [0.1, 0.15) is 36.3 Å². The molecule has 5 rings (SSSR count). The number of nitrogens with one attached hydrogen (secondary N) is 6. The standard InChI is InChI=1S/C44H62N10O7/c1-28(55)49-34(25-29-13-5-2-6-14-29)39(57)51-33-21-23-47-38(56)32(19-11-22-48-44(45)46)50-40(58)35(26-30-15-7-3-8-16-30)52-41(59)36(27-31-17-9-4-10-18-31)53-42(60)37-20-12-24-54(37)43(33)61/h2-3,5-8,13-16,31-37H,4,9-12,17-27H2,1H3,(H,47,56)(H,49,55)(H,50,58)(H,51,57)(H,52,59)(H,53,60)(H4,45,46,48)/t32?,33-,34-,35?,36+,37?/m0/s1. The number of nitrogens with zero attached hydrogens (tertiary/aromatic N) is 2. The number of benzene rings is 2. The zero-order chi connectivity index (χ0) is 43.7. The van der Waals surface area contributed by atoms with E-state index in [2.05, 4.69) is 36.9 Å². The van der Waals surface area contributed by atoms with Crippen LogP contribution in [0.4, 0.5) is 0 Å². The molecule has 2 saturated heterocycles. The van der Waals surface area contributed by atoms with Gasteiger partial charge < -0.3 is 48.3 Å². The highest BCUT2D eigenvalue weighted by atomic mass is 16.2. The monoisotopic (exact) mass is 842 g/mol. The van der Waals surface area contributed by atoms with E-state index in [1.807, 2.05) is 60.7 Å². The van der Waals surface area contributed by atoms with E-state index in [1.165, 1.54) is 11.8 Å². The van der Waals surface area contributed by atoms with Crippen molar-refractivity contribution in [1.29, 1.82) is 0 Å². The number of aliphatic imine (C=N–C) groups is 1. The van der Waals surface area contributed by atoms with Crippen molar-refractivity contribution in [2.75, 3.05) is 19.6 Å². The molecule has 61 heavy (non-hydrogen) atoms. The van der Waals surface area contributed by atoms with Crippen molar-refractivity contribution < 1.29 is 33.6 Å². The summed E-state index contributed by atoms with van der Waals surface area (Å²) in [6, 6.07) is 11.9. The van der Waals surface area contributed by atoms with Crippen LogP contribution in [0, 0.1) is 5.92 Å². The maximum absolute atomic E-state index is 14.5. The van der Waals surface area contributed by atoms with Gasteiger partial charge in [-0.15, -0.1) is 0 Å². The number of hydrogen-bond acceptors (Lipinski definition) is 8. The first-order valence-corrected chi connectivity index (χ1v) is 21.6. The molecular formula is C44H62N10O7. The molecule has 0 spiro atoms. The van der Waals surface area contributed by atoms with Crippen LogP contribution >= 0.6 is 0 Å². The zero-order valence-corrected chi connectivity index (χ0v) is 35.0. The Hall–Kier alpha value is -6.00. The molecule has 6 atom stereocenters. The van der Waals surface area contributed by atoms with E-state index in [4.69, 9.17) is 11.5 Å². The highest BCUT2D eigenvalue weighted by Gasteiger charge is 2.40. The summed E-state index contributed by atoms with van der Waals surface area (Å²) in [6.45, 7) is 1.61. The maximum Gasteiger partial charge on any atom is 0.245 e. The van der Waals surface area contributed by atoms with E-state index in [-0.39, 0.29) is 57.2 Å². The lowest BCUT2D eigenvalue weighted by Crippen LogP contribution is -2.59. The van der Waals surface area contributed by atoms with Gasteiger partial charge in [0.15, 0.2) is 5.96 Å². The van der Waals surface area contributed by atoms with Crippen molar-refractivity contribution in [1.82, 2.24) is 36.8 Å². The number of carbonyl (C=O) groups is 7. The molecule has 0 aromatic heterocycles. The molecule has 3 fully saturated rings. The summed E-state index contributed by atoms with van der Waals surface area (Å²) in [5.74, 6) is -3.77. The van der Waals surface area contributed by atoms with Crippen molar-refractivity contribution in [2.24, 2.45) is 22.4 Å². The Bertz CT molecular complexity index is 1850. The van der Waals surface area contributed by atoms with Crippen LogP contribution in [0.1, 0.15) is 88.7 Å². The summed E-state index contributed by atoms with van der Waals surface area (Å²) in [5.41, 5.74) is 12.6. The van der Waals surface area contributed by atoms with Crippen LogP contribution in [-0.2, 0) is 46.4 Å². The molecule has 2 aromatic carbocycles. The number of amides is 7. The van der Waals surface area contributed by atoms with E-state index >= 15 is 0 Å². The fourth-order valence-electron chi connectivity index (χ4n) is 8.43. The molecule has 1 aliphatic carbocycles. The van der Waals surface area contributed by atoms with Crippen LogP contribution in [0.3, 0.4) is 0 Å². The topological polar surface area (TPSA) is 259 Å². The smallest absolute Gasteiger partial charge is 0.245 e. The van der Waals surface area contributed by atoms with Crippen molar-refractivity contribution in [2.45, 2.75) is 127 Å². The molecule has 3 aliphatic rings. The summed E-state index contributed by atoms with van der Waals surface area (Å²) in [4.78, 5) is 103. The first-order chi connectivity index (χ1) is 29.4. The Morgan fingerprint density at radius 1 is 0.770 bits per heavy atom. The van der Waals surface area contributed by atoms with Gasteiger partial charge in [-0.05, 0) is 55.6 Å². The van der Waals surface area contributed by atoms with Crippen molar-refractivity contribution in [3.63, 3.8) is 0 Å². The Labute approximate surface area is 357 Å². The lowest BCUT2D eigenvalue weighted by molar-refractivity contribution is -0.142. The molecule has 330 valence electrons. The van der Waals surface area contributed by atoms with E-state index in [0.29, 0.717) is 25.7 Å². The van der Waals surface area contributed by atoms with Crippen LogP contribution in [-0.4, -0.2) is 108 Å². The Morgan fingerprint density at radius 2 is 1.41 bits per heavy atom. The van der Waals surface area contributed by atoms with E-state index in [0.717, 1.165) is 43.2 Å². The maximum atomic E-state index is 14.5. The van der Waals surface area contributed by atoms with Gasteiger partial charge in [-0.25, -0.2) is 0 Å². The van der Waals surface area contributed by atoms with Crippen LogP contribution in [0.25, 0.3) is 0 Å². The fraction of sp³-hybridized carbons (Fsp3) is 0.545. The van der Waals surface area contributed by atoms with Gasteiger partial charge in [0, 0.05) is 39.4 Å². The number of guanidine groups is 1. The SMILES string of the molecule is CC(=O)N[C@@H](Cc1ccccc1)C(=O)N[C@H]1CCNC(=O)C(CCCN=C(N)N)NC(=O)C(Cc2ccccc2)NC(=O)[C@@H](CC2CCCCC2)NC(=O)C2CCCN2C1=O. The Balaban J connectivity index is 1.48.